The summed E-state index contributed by atoms with van der Waals surface area (Å²) in [6.45, 7) is 3.01. The zero-order chi connectivity index (χ0) is 15.6. The molecule has 2 unspecified atom stereocenters. The first-order valence-corrected chi connectivity index (χ1v) is 9.27. The van der Waals surface area contributed by atoms with Crippen molar-refractivity contribution >= 4 is 5.91 Å². The Balaban J connectivity index is 1.48. The van der Waals surface area contributed by atoms with Gasteiger partial charge in [-0.3, -0.25) is 4.79 Å². The average Bonchev–Trinajstić information content (AvgIpc) is 3.22. The molecule has 126 valence electrons. The molecule has 0 bridgehead atoms. The van der Waals surface area contributed by atoms with E-state index in [1.165, 1.54) is 44.9 Å². The van der Waals surface area contributed by atoms with Gasteiger partial charge in [-0.2, -0.15) is 0 Å². The Morgan fingerprint density at radius 1 is 1.23 bits per heavy atom. The van der Waals surface area contributed by atoms with Gasteiger partial charge in [-0.1, -0.05) is 19.3 Å². The highest BCUT2D eigenvalue weighted by Gasteiger charge is 2.57. The second kappa shape index (κ2) is 6.88. The topological polar surface area (TPSA) is 44.4 Å². The molecule has 22 heavy (non-hydrogen) atoms. The van der Waals surface area contributed by atoms with E-state index in [2.05, 4.69) is 29.6 Å². The molecule has 2 saturated carbocycles. The fourth-order valence-electron chi connectivity index (χ4n) is 4.81. The number of carbonyl (C=O) groups excluding carboxylic acids is 1. The summed E-state index contributed by atoms with van der Waals surface area (Å²) in [5.41, 5.74) is 0.355. The van der Waals surface area contributed by atoms with Crippen molar-refractivity contribution in [1.29, 1.82) is 0 Å². The highest BCUT2D eigenvalue weighted by Crippen LogP contribution is 2.58. The minimum atomic E-state index is 0.295. The first-order valence-electron chi connectivity index (χ1n) is 9.27. The first kappa shape index (κ1) is 16.3. The van der Waals surface area contributed by atoms with Gasteiger partial charge < -0.3 is 15.5 Å². The van der Waals surface area contributed by atoms with Gasteiger partial charge in [0.05, 0.1) is 0 Å². The van der Waals surface area contributed by atoms with Crippen LogP contribution >= 0.6 is 0 Å². The molecular formula is C18H33N3O. The van der Waals surface area contributed by atoms with Crippen LogP contribution in [0.25, 0.3) is 0 Å². The maximum Gasteiger partial charge on any atom is 0.223 e. The van der Waals surface area contributed by atoms with Crippen LogP contribution in [0.5, 0.6) is 0 Å². The number of piperidine rings is 1. The van der Waals surface area contributed by atoms with Crippen LogP contribution < -0.4 is 10.6 Å². The van der Waals surface area contributed by atoms with Crippen molar-refractivity contribution in [2.75, 3.05) is 33.7 Å². The van der Waals surface area contributed by atoms with E-state index in [1.807, 2.05) is 0 Å². The summed E-state index contributed by atoms with van der Waals surface area (Å²) >= 11 is 0. The third-order valence-electron chi connectivity index (χ3n) is 6.45. The summed E-state index contributed by atoms with van der Waals surface area (Å²) in [7, 11) is 4.33. The fraction of sp³-hybridized carbons (Fsp3) is 0.944. The predicted octanol–water partition coefficient (Wildman–Crippen LogP) is 2.00. The van der Waals surface area contributed by atoms with Crippen LogP contribution in [-0.4, -0.2) is 50.6 Å². The highest BCUT2D eigenvalue weighted by atomic mass is 16.2. The van der Waals surface area contributed by atoms with Crippen molar-refractivity contribution in [3.8, 4) is 0 Å². The fourth-order valence-corrected chi connectivity index (χ4v) is 4.81. The number of nitrogens with zero attached hydrogens (tertiary/aromatic N) is 1. The van der Waals surface area contributed by atoms with Gasteiger partial charge in [-0.15, -0.1) is 0 Å². The minimum Gasteiger partial charge on any atom is -0.354 e. The highest BCUT2D eigenvalue weighted by molar-refractivity contribution is 5.82. The van der Waals surface area contributed by atoms with Gasteiger partial charge in [-0.05, 0) is 70.6 Å². The Morgan fingerprint density at radius 3 is 2.55 bits per heavy atom. The lowest BCUT2D eigenvalue weighted by molar-refractivity contribution is -0.123. The van der Waals surface area contributed by atoms with Gasteiger partial charge in [-0.25, -0.2) is 0 Å². The molecule has 0 aromatic heterocycles. The van der Waals surface area contributed by atoms with Crippen molar-refractivity contribution in [2.45, 2.75) is 57.4 Å². The largest absolute Gasteiger partial charge is 0.354 e. The standard InChI is InChI=1S/C18H33N3O/c1-21(2)16(14-6-4-3-5-7-14)13-20-17(22)15-12-18(15)8-10-19-11-9-18/h14-16,19H,3-13H2,1-2H3,(H,20,22). The summed E-state index contributed by atoms with van der Waals surface area (Å²) in [5.74, 6) is 1.38. The molecule has 2 aliphatic carbocycles. The Bertz CT molecular complexity index is 384. The summed E-state index contributed by atoms with van der Waals surface area (Å²) in [6, 6.07) is 0.506. The number of rotatable bonds is 5. The lowest BCUT2D eigenvalue weighted by atomic mass is 9.83. The van der Waals surface area contributed by atoms with Crippen molar-refractivity contribution in [1.82, 2.24) is 15.5 Å². The van der Waals surface area contributed by atoms with Crippen molar-refractivity contribution in [2.24, 2.45) is 17.3 Å². The second-order valence-corrected chi connectivity index (χ2v) is 8.04. The molecule has 0 radical (unpaired) electrons. The first-order chi connectivity index (χ1) is 10.6. The van der Waals surface area contributed by atoms with Gasteiger partial charge in [0.1, 0.15) is 0 Å². The molecule has 3 fully saturated rings. The number of amides is 1. The van der Waals surface area contributed by atoms with Crippen LogP contribution in [0.15, 0.2) is 0 Å². The molecule has 3 aliphatic rings. The lowest BCUT2D eigenvalue weighted by Crippen LogP contribution is -2.46. The quantitative estimate of drug-likeness (QED) is 0.816. The van der Waals surface area contributed by atoms with E-state index in [-0.39, 0.29) is 0 Å². The maximum absolute atomic E-state index is 12.5. The van der Waals surface area contributed by atoms with E-state index < -0.39 is 0 Å². The SMILES string of the molecule is CN(C)C(CNC(=O)C1CC12CCNCC2)C1CCCCC1. The summed E-state index contributed by atoms with van der Waals surface area (Å²) in [4.78, 5) is 14.9. The van der Waals surface area contributed by atoms with Gasteiger partial charge in [0.15, 0.2) is 0 Å². The van der Waals surface area contributed by atoms with E-state index >= 15 is 0 Å². The molecule has 4 heteroatoms. The number of likely N-dealkylation sites (N-methyl/N-ethyl adjacent to an activating group) is 1. The van der Waals surface area contributed by atoms with Crippen LogP contribution in [0.4, 0.5) is 0 Å². The van der Waals surface area contributed by atoms with Gasteiger partial charge in [0, 0.05) is 18.5 Å². The smallest absolute Gasteiger partial charge is 0.223 e. The third kappa shape index (κ3) is 3.48. The molecule has 1 spiro atoms. The van der Waals surface area contributed by atoms with Crippen molar-refractivity contribution in [3.05, 3.63) is 0 Å². The zero-order valence-corrected chi connectivity index (χ0v) is 14.4. The average molecular weight is 307 g/mol. The van der Waals surface area contributed by atoms with Gasteiger partial charge in [0.2, 0.25) is 5.91 Å². The maximum atomic E-state index is 12.5. The molecule has 1 heterocycles. The predicted molar refractivity (Wildman–Crippen MR) is 89.7 cm³/mol. The van der Waals surface area contributed by atoms with Crippen LogP contribution in [0, 0.1) is 17.3 Å². The number of nitrogens with one attached hydrogen (secondary N) is 2. The number of carbonyl (C=O) groups is 1. The van der Waals surface area contributed by atoms with E-state index in [1.54, 1.807) is 0 Å². The summed E-state index contributed by atoms with van der Waals surface area (Å²) in [5, 5.41) is 6.70. The van der Waals surface area contributed by atoms with Gasteiger partial charge >= 0.3 is 0 Å². The monoisotopic (exact) mass is 307 g/mol. The van der Waals surface area contributed by atoms with Crippen molar-refractivity contribution in [3.63, 3.8) is 0 Å². The molecule has 0 aromatic carbocycles. The molecule has 2 N–H and O–H groups in total. The summed E-state index contributed by atoms with van der Waals surface area (Å²) < 4.78 is 0. The van der Waals surface area contributed by atoms with Crippen LogP contribution in [0.2, 0.25) is 0 Å². The van der Waals surface area contributed by atoms with Crippen LogP contribution in [0.3, 0.4) is 0 Å². The number of hydrogen-bond donors (Lipinski definition) is 2. The lowest BCUT2D eigenvalue weighted by Gasteiger charge is -2.35. The molecule has 1 amide bonds. The number of hydrogen-bond acceptors (Lipinski definition) is 3. The zero-order valence-electron chi connectivity index (χ0n) is 14.4. The van der Waals surface area contributed by atoms with Crippen molar-refractivity contribution < 1.29 is 4.79 Å². The van der Waals surface area contributed by atoms with Crippen LogP contribution in [0.1, 0.15) is 51.4 Å². The summed E-state index contributed by atoms with van der Waals surface area (Å²) in [6.07, 6.45) is 10.3. The van der Waals surface area contributed by atoms with Gasteiger partial charge in [0.25, 0.3) is 0 Å². The third-order valence-corrected chi connectivity index (χ3v) is 6.45. The molecule has 1 aliphatic heterocycles. The molecule has 0 aromatic rings. The molecule has 3 rings (SSSR count). The minimum absolute atomic E-state index is 0.295. The Morgan fingerprint density at radius 2 is 1.91 bits per heavy atom. The molecule has 1 saturated heterocycles. The Labute approximate surface area is 135 Å². The normalized spacial score (nSPS) is 29.5. The second-order valence-electron chi connectivity index (χ2n) is 8.04. The Hall–Kier alpha value is -0.610. The van der Waals surface area contributed by atoms with Crippen LogP contribution in [-0.2, 0) is 4.79 Å². The molecule has 2 atom stereocenters. The van der Waals surface area contributed by atoms with E-state index in [0.717, 1.165) is 32.0 Å². The van der Waals surface area contributed by atoms with E-state index in [4.69, 9.17) is 0 Å². The van der Waals surface area contributed by atoms with E-state index in [0.29, 0.717) is 23.3 Å². The van der Waals surface area contributed by atoms with E-state index in [9.17, 15) is 4.79 Å². The molecule has 4 nitrogen and oxygen atoms in total. The molecular weight excluding hydrogens is 274 g/mol. The Kier molecular flexibility index (Phi) is 5.08.